The Bertz CT molecular complexity index is 1110. The maximum atomic E-state index is 13.6. The SMILES string of the molecule is CC(=O)[C@@H]1[C@@H]2C(=O)N(c3cc(Cl)ccc3C)C(=O)[C@@H]2[C@@H]2c3ccccc3C=CN12. The number of aryl methyl sites for hydroxylation is 1. The summed E-state index contributed by atoms with van der Waals surface area (Å²) < 4.78 is 0. The van der Waals surface area contributed by atoms with E-state index in [1.165, 1.54) is 11.8 Å². The molecule has 0 unspecified atom stereocenters. The van der Waals surface area contributed by atoms with Crippen molar-refractivity contribution in [2.24, 2.45) is 11.8 Å². The number of benzene rings is 2. The Morgan fingerprint density at radius 2 is 1.76 bits per heavy atom. The van der Waals surface area contributed by atoms with Crippen molar-refractivity contribution in [2.45, 2.75) is 25.9 Å². The summed E-state index contributed by atoms with van der Waals surface area (Å²) in [6, 6.07) is 12.0. The lowest BCUT2D eigenvalue weighted by Crippen LogP contribution is -2.43. The first-order chi connectivity index (χ1) is 13.9. The molecule has 3 aliphatic rings. The van der Waals surface area contributed by atoms with Crippen molar-refractivity contribution in [3.8, 4) is 0 Å². The Kier molecular flexibility index (Phi) is 3.93. The highest BCUT2D eigenvalue weighted by atomic mass is 35.5. The van der Waals surface area contributed by atoms with Crippen LogP contribution in [0.1, 0.15) is 29.7 Å². The van der Waals surface area contributed by atoms with Gasteiger partial charge in [0, 0.05) is 11.2 Å². The minimum atomic E-state index is -0.709. The maximum absolute atomic E-state index is 13.6. The molecule has 2 saturated heterocycles. The van der Waals surface area contributed by atoms with Gasteiger partial charge in [-0.05, 0) is 48.7 Å². The van der Waals surface area contributed by atoms with E-state index < -0.39 is 17.9 Å². The summed E-state index contributed by atoms with van der Waals surface area (Å²) in [6.45, 7) is 3.33. The van der Waals surface area contributed by atoms with E-state index in [2.05, 4.69) is 0 Å². The van der Waals surface area contributed by atoms with Crippen molar-refractivity contribution >= 4 is 41.0 Å². The van der Waals surface area contributed by atoms with Crippen molar-refractivity contribution in [3.05, 3.63) is 70.4 Å². The number of hydrogen-bond donors (Lipinski definition) is 0. The second kappa shape index (κ2) is 6.29. The molecule has 0 aliphatic carbocycles. The largest absolute Gasteiger partial charge is 0.359 e. The molecule has 4 atom stereocenters. The highest BCUT2D eigenvalue weighted by Crippen LogP contribution is 2.53. The van der Waals surface area contributed by atoms with Gasteiger partial charge in [0.2, 0.25) is 11.8 Å². The van der Waals surface area contributed by atoms with Crippen LogP contribution in [-0.2, 0) is 14.4 Å². The van der Waals surface area contributed by atoms with E-state index in [4.69, 9.17) is 11.6 Å². The first kappa shape index (κ1) is 18.1. The van der Waals surface area contributed by atoms with Gasteiger partial charge in [0.05, 0.1) is 29.6 Å². The number of amides is 2. The molecule has 6 heteroatoms. The molecular weight excluding hydrogens is 388 g/mol. The maximum Gasteiger partial charge on any atom is 0.240 e. The summed E-state index contributed by atoms with van der Waals surface area (Å²) in [5.41, 5.74) is 3.26. The van der Waals surface area contributed by atoms with Gasteiger partial charge in [0.1, 0.15) is 0 Å². The molecule has 5 nitrogen and oxygen atoms in total. The Labute approximate surface area is 173 Å². The fourth-order valence-electron chi connectivity index (χ4n) is 5.08. The van der Waals surface area contributed by atoms with E-state index in [1.54, 1.807) is 18.2 Å². The van der Waals surface area contributed by atoms with Crippen LogP contribution in [0.5, 0.6) is 0 Å². The van der Waals surface area contributed by atoms with Crippen LogP contribution in [0.3, 0.4) is 0 Å². The first-order valence-corrected chi connectivity index (χ1v) is 9.97. The van der Waals surface area contributed by atoms with Crippen molar-refractivity contribution < 1.29 is 14.4 Å². The van der Waals surface area contributed by atoms with Crippen molar-refractivity contribution in [2.75, 3.05) is 4.90 Å². The third-order valence-electron chi connectivity index (χ3n) is 6.29. The zero-order chi connectivity index (χ0) is 20.4. The zero-order valence-electron chi connectivity index (χ0n) is 16.0. The van der Waals surface area contributed by atoms with Crippen LogP contribution in [0.25, 0.3) is 6.08 Å². The van der Waals surface area contributed by atoms with E-state index in [0.717, 1.165) is 16.7 Å². The molecular formula is C23H19ClN2O3. The Balaban J connectivity index is 1.67. The van der Waals surface area contributed by atoms with Gasteiger partial charge in [-0.15, -0.1) is 0 Å². The van der Waals surface area contributed by atoms with E-state index in [1.807, 2.05) is 48.4 Å². The fourth-order valence-corrected chi connectivity index (χ4v) is 5.25. The number of fused-ring (bicyclic) bond motifs is 5. The lowest BCUT2D eigenvalue weighted by Gasteiger charge is -2.35. The third-order valence-corrected chi connectivity index (χ3v) is 6.53. The number of halogens is 1. The molecule has 0 spiro atoms. The van der Waals surface area contributed by atoms with Crippen LogP contribution in [0.2, 0.25) is 5.02 Å². The summed E-state index contributed by atoms with van der Waals surface area (Å²) in [7, 11) is 0. The number of anilines is 1. The molecule has 0 saturated carbocycles. The molecule has 3 heterocycles. The third kappa shape index (κ3) is 2.43. The molecule has 3 aliphatic heterocycles. The molecule has 0 aromatic heterocycles. The first-order valence-electron chi connectivity index (χ1n) is 9.59. The lowest BCUT2D eigenvalue weighted by molar-refractivity contribution is -0.129. The number of rotatable bonds is 2. The summed E-state index contributed by atoms with van der Waals surface area (Å²) in [5.74, 6) is -2.03. The molecule has 2 aromatic rings. The summed E-state index contributed by atoms with van der Waals surface area (Å²) in [5, 5.41) is 0.457. The number of Topliss-reactive ketones (excluding diaryl/α,β-unsaturated/α-hetero) is 1. The van der Waals surface area contributed by atoms with Crippen LogP contribution in [-0.4, -0.2) is 28.5 Å². The lowest BCUT2D eigenvalue weighted by atomic mass is 9.84. The molecule has 0 N–H and O–H groups in total. The van der Waals surface area contributed by atoms with Crippen molar-refractivity contribution in [1.82, 2.24) is 4.90 Å². The smallest absolute Gasteiger partial charge is 0.240 e. The van der Waals surface area contributed by atoms with Crippen LogP contribution >= 0.6 is 11.6 Å². The normalized spacial score (nSPS) is 27.1. The van der Waals surface area contributed by atoms with Gasteiger partial charge < -0.3 is 4.90 Å². The number of carbonyl (C=O) groups excluding carboxylic acids is 3. The molecule has 2 aromatic carbocycles. The van der Waals surface area contributed by atoms with Crippen LogP contribution < -0.4 is 4.90 Å². The highest BCUT2D eigenvalue weighted by molar-refractivity contribution is 6.31. The van der Waals surface area contributed by atoms with Gasteiger partial charge in [-0.3, -0.25) is 14.4 Å². The average molecular weight is 407 g/mol. The number of ketones is 1. The number of carbonyl (C=O) groups is 3. The molecule has 2 fully saturated rings. The minimum absolute atomic E-state index is 0.114. The zero-order valence-corrected chi connectivity index (χ0v) is 16.8. The second-order valence-electron chi connectivity index (χ2n) is 7.89. The van der Waals surface area contributed by atoms with E-state index in [0.29, 0.717) is 10.7 Å². The Hall–Kier alpha value is -2.92. The van der Waals surface area contributed by atoms with Crippen molar-refractivity contribution in [3.63, 3.8) is 0 Å². The topological polar surface area (TPSA) is 57.7 Å². The molecule has 0 bridgehead atoms. The monoisotopic (exact) mass is 406 g/mol. The van der Waals surface area contributed by atoms with Gasteiger partial charge in [0.15, 0.2) is 5.78 Å². The molecule has 5 rings (SSSR count). The minimum Gasteiger partial charge on any atom is -0.359 e. The molecule has 2 amide bonds. The van der Waals surface area contributed by atoms with Gasteiger partial charge in [-0.1, -0.05) is 41.9 Å². The highest BCUT2D eigenvalue weighted by Gasteiger charge is 2.64. The number of nitrogens with zero attached hydrogens (tertiary/aromatic N) is 2. The average Bonchev–Trinajstić information content (AvgIpc) is 3.17. The summed E-state index contributed by atoms with van der Waals surface area (Å²) in [4.78, 5) is 42.8. The van der Waals surface area contributed by atoms with E-state index in [9.17, 15) is 14.4 Å². The van der Waals surface area contributed by atoms with Crippen LogP contribution in [0, 0.1) is 18.8 Å². The Morgan fingerprint density at radius 3 is 2.52 bits per heavy atom. The quantitative estimate of drug-likeness (QED) is 0.713. The molecule has 29 heavy (non-hydrogen) atoms. The summed E-state index contributed by atoms with van der Waals surface area (Å²) >= 11 is 6.15. The van der Waals surface area contributed by atoms with Crippen molar-refractivity contribution in [1.29, 1.82) is 0 Å². The van der Waals surface area contributed by atoms with Crippen LogP contribution in [0.15, 0.2) is 48.7 Å². The molecule has 0 radical (unpaired) electrons. The second-order valence-corrected chi connectivity index (χ2v) is 8.32. The molecule has 146 valence electrons. The Morgan fingerprint density at radius 1 is 1.03 bits per heavy atom. The summed E-state index contributed by atoms with van der Waals surface area (Å²) in [6.07, 6.45) is 3.80. The van der Waals surface area contributed by atoms with Gasteiger partial charge >= 0.3 is 0 Å². The van der Waals surface area contributed by atoms with E-state index >= 15 is 0 Å². The van der Waals surface area contributed by atoms with Gasteiger partial charge in [-0.2, -0.15) is 0 Å². The number of hydrogen-bond acceptors (Lipinski definition) is 4. The fraction of sp³-hybridized carbons (Fsp3) is 0.261. The van der Waals surface area contributed by atoms with E-state index in [-0.39, 0.29) is 23.6 Å². The number of imide groups is 1. The van der Waals surface area contributed by atoms with Gasteiger partial charge in [-0.25, -0.2) is 4.90 Å². The predicted octanol–water partition coefficient (Wildman–Crippen LogP) is 3.75. The standard InChI is InChI=1S/C23H19ClN2O3/c1-12-7-8-15(24)11-17(12)26-22(28)18-19(23(26)29)21-16-6-4-3-5-14(16)9-10-25(21)20(18)13(2)27/h3-11,18-21H,1-2H3/t18-,19+,20-,21+/m1/s1. The van der Waals surface area contributed by atoms with Crippen LogP contribution in [0.4, 0.5) is 5.69 Å². The predicted molar refractivity (Wildman–Crippen MR) is 110 cm³/mol. The van der Waals surface area contributed by atoms with Gasteiger partial charge in [0.25, 0.3) is 0 Å².